The van der Waals surface area contributed by atoms with Gasteiger partial charge < -0.3 is 4.74 Å². The maximum Gasteiger partial charge on any atom is 0.338 e. The van der Waals surface area contributed by atoms with Gasteiger partial charge in [0.25, 0.3) is 17.5 Å². The Kier molecular flexibility index (Phi) is 5.30. The summed E-state index contributed by atoms with van der Waals surface area (Å²) in [6, 6.07) is 17.2. The average molecular weight is 430 g/mol. The number of imide groups is 1. The molecule has 1 heterocycles. The number of carbonyl (C=O) groups excluding carboxylic acids is 4. The van der Waals surface area contributed by atoms with Crippen LogP contribution >= 0.6 is 0 Å². The van der Waals surface area contributed by atoms with Gasteiger partial charge >= 0.3 is 5.97 Å². The summed E-state index contributed by atoms with van der Waals surface area (Å²) in [4.78, 5) is 61.1. The standard InChI is InChI=1S/C23H14N2O7/c26-20(14-4-2-1-3-5-14)13-32-23(29)15-6-11-18-19(12-15)22(28)24(21(18)27)16-7-9-17(10-8-16)25(30)31/h1-12H,13H2. The van der Waals surface area contributed by atoms with Gasteiger partial charge in [-0.05, 0) is 30.3 Å². The summed E-state index contributed by atoms with van der Waals surface area (Å²) >= 11 is 0. The van der Waals surface area contributed by atoms with Crippen molar-refractivity contribution in [3.63, 3.8) is 0 Å². The van der Waals surface area contributed by atoms with Crippen molar-refractivity contribution >= 4 is 34.9 Å². The first-order valence-electron chi connectivity index (χ1n) is 9.39. The molecule has 2 amide bonds. The minimum atomic E-state index is -0.814. The lowest BCUT2D eigenvalue weighted by Crippen LogP contribution is -2.29. The maximum absolute atomic E-state index is 12.8. The number of ketones is 1. The number of fused-ring (bicyclic) bond motifs is 1. The summed E-state index contributed by atoms with van der Waals surface area (Å²) < 4.78 is 5.05. The number of nitrogens with zero attached hydrogens (tertiary/aromatic N) is 2. The molecule has 0 saturated carbocycles. The molecule has 1 aliphatic heterocycles. The SMILES string of the molecule is O=C(COC(=O)c1ccc2c(c1)C(=O)N(c1ccc([N+](=O)[O-])cc1)C2=O)c1ccccc1. The van der Waals surface area contributed by atoms with Gasteiger partial charge in [0.2, 0.25) is 0 Å². The van der Waals surface area contributed by atoms with Crippen LogP contribution in [0, 0.1) is 10.1 Å². The summed E-state index contributed by atoms with van der Waals surface area (Å²) in [6.45, 7) is -0.471. The number of carbonyl (C=O) groups is 4. The van der Waals surface area contributed by atoms with E-state index in [0.29, 0.717) is 5.56 Å². The molecule has 3 aromatic carbocycles. The fraction of sp³-hybridized carbons (Fsp3) is 0.0435. The first kappa shape index (κ1) is 20.6. The molecule has 3 aromatic rings. The van der Waals surface area contributed by atoms with E-state index >= 15 is 0 Å². The number of ether oxygens (including phenoxy) is 1. The lowest BCUT2D eigenvalue weighted by Gasteiger charge is -2.13. The lowest BCUT2D eigenvalue weighted by molar-refractivity contribution is -0.384. The highest BCUT2D eigenvalue weighted by molar-refractivity contribution is 6.34. The molecule has 0 aliphatic carbocycles. The minimum Gasteiger partial charge on any atom is -0.454 e. The third kappa shape index (κ3) is 3.74. The summed E-state index contributed by atoms with van der Waals surface area (Å²) in [5, 5.41) is 10.8. The number of rotatable bonds is 6. The van der Waals surface area contributed by atoms with E-state index in [4.69, 9.17) is 4.74 Å². The predicted molar refractivity (Wildman–Crippen MR) is 112 cm³/mol. The predicted octanol–water partition coefficient (Wildman–Crippen LogP) is 3.44. The monoisotopic (exact) mass is 430 g/mol. The van der Waals surface area contributed by atoms with Crippen LogP contribution in [0.15, 0.2) is 72.8 Å². The Morgan fingerprint density at radius 3 is 2.16 bits per heavy atom. The van der Waals surface area contributed by atoms with E-state index in [2.05, 4.69) is 0 Å². The Morgan fingerprint density at radius 1 is 0.844 bits per heavy atom. The molecule has 158 valence electrons. The molecule has 0 N–H and O–H groups in total. The zero-order chi connectivity index (χ0) is 22.8. The molecule has 9 heteroatoms. The number of hydrogen-bond donors (Lipinski definition) is 0. The van der Waals surface area contributed by atoms with E-state index in [0.717, 1.165) is 4.90 Å². The molecule has 1 aliphatic rings. The van der Waals surface area contributed by atoms with E-state index in [1.165, 1.54) is 42.5 Å². The van der Waals surface area contributed by atoms with Gasteiger partial charge in [0.15, 0.2) is 12.4 Å². The van der Waals surface area contributed by atoms with E-state index < -0.39 is 29.3 Å². The van der Waals surface area contributed by atoms with Crippen LogP contribution in [0.4, 0.5) is 11.4 Å². The van der Waals surface area contributed by atoms with Crippen molar-refractivity contribution in [2.24, 2.45) is 0 Å². The van der Waals surface area contributed by atoms with Gasteiger partial charge in [-0.3, -0.25) is 24.5 Å². The van der Waals surface area contributed by atoms with Gasteiger partial charge in [-0.25, -0.2) is 9.69 Å². The second-order valence-electron chi connectivity index (χ2n) is 6.84. The maximum atomic E-state index is 12.8. The van der Waals surface area contributed by atoms with Crippen molar-refractivity contribution in [2.45, 2.75) is 0 Å². The fourth-order valence-corrected chi connectivity index (χ4v) is 3.25. The summed E-state index contributed by atoms with van der Waals surface area (Å²) in [5.74, 6) is -2.48. The molecular formula is C23H14N2O7. The van der Waals surface area contributed by atoms with Gasteiger partial charge in [-0.2, -0.15) is 0 Å². The Labute approximate surface area is 181 Å². The molecule has 0 atom stereocenters. The van der Waals surface area contributed by atoms with Gasteiger partial charge in [-0.15, -0.1) is 0 Å². The van der Waals surface area contributed by atoms with Crippen molar-refractivity contribution in [2.75, 3.05) is 11.5 Å². The first-order chi connectivity index (χ1) is 15.4. The zero-order valence-corrected chi connectivity index (χ0v) is 16.4. The second-order valence-corrected chi connectivity index (χ2v) is 6.84. The number of non-ortho nitro benzene ring substituents is 1. The number of nitro groups is 1. The molecule has 0 unspecified atom stereocenters. The molecule has 4 rings (SSSR count). The summed E-state index contributed by atoms with van der Waals surface area (Å²) in [7, 11) is 0. The Morgan fingerprint density at radius 2 is 1.50 bits per heavy atom. The first-order valence-corrected chi connectivity index (χ1v) is 9.39. The number of hydrogen-bond acceptors (Lipinski definition) is 7. The highest BCUT2D eigenvalue weighted by Crippen LogP contribution is 2.30. The number of benzene rings is 3. The van der Waals surface area contributed by atoms with Gasteiger partial charge in [0.05, 0.1) is 27.3 Å². The van der Waals surface area contributed by atoms with Crippen molar-refractivity contribution in [1.29, 1.82) is 0 Å². The van der Waals surface area contributed by atoms with Crippen molar-refractivity contribution in [3.05, 3.63) is 105 Å². The average Bonchev–Trinajstić information content (AvgIpc) is 3.07. The zero-order valence-electron chi connectivity index (χ0n) is 16.4. The summed E-state index contributed by atoms with van der Waals surface area (Å²) in [5.41, 5.74) is 0.479. The Hall–Kier alpha value is -4.66. The molecule has 0 saturated heterocycles. The van der Waals surface area contributed by atoms with Gasteiger partial charge in [0.1, 0.15) is 0 Å². The third-order valence-electron chi connectivity index (χ3n) is 4.87. The topological polar surface area (TPSA) is 124 Å². The number of anilines is 1. The molecule has 0 fully saturated rings. The second kappa shape index (κ2) is 8.23. The summed E-state index contributed by atoms with van der Waals surface area (Å²) in [6.07, 6.45) is 0. The van der Waals surface area contributed by atoms with Crippen LogP contribution in [-0.2, 0) is 4.74 Å². The highest BCUT2D eigenvalue weighted by atomic mass is 16.6. The van der Waals surface area contributed by atoms with Crippen LogP contribution in [0.5, 0.6) is 0 Å². The molecule has 0 bridgehead atoms. The molecular weight excluding hydrogens is 416 g/mol. The number of Topliss-reactive ketones (excluding diaryl/α,β-unsaturated/α-hetero) is 1. The molecule has 0 spiro atoms. The number of esters is 1. The van der Waals surface area contributed by atoms with Crippen LogP contribution in [0.1, 0.15) is 41.4 Å². The largest absolute Gasteiger partial charge is 0.454 e. The number of nitro benzene ring substituents is 1. The van der Waals surface area contributed by atoms with Gasteiger partial charge in [-0.1, -0.05) is 30.3 Å². The quantitative estimate of drug-likeness (QED) is 0.193. The normalized spacial score (nSPS) is 12.4. The van der Waals surface area contributed by atoms with E-state index in [9.17, 15) is 29.3 Å². The third-order valence-corrected chi connectivity index (χ3v) is 4.87. The number of amides is 2. The lowest BCUT2D eigenvalue weighted by atomic mass is 10.1. The van der Waals surface area contributed by atoms with Crippen LogP contribution < -0.4 is 4.90 Å². The minimum absolute atomic E-state index is 0.00260. The van der Waals surface area contributed by atoms with Gasteiger partial charge in [0, 0.05) is 17.7 Å². The highest BCUT2D eigenvalue weighted by Gasteiger charge is 2.37. The van der Waals surface area contributed by atoms with Crippen molar-refractivity contribution in [3.8, 4) is 0 Å². The van der Waals surface area contributed by atoms with Crippen LogP contribution in [-0.4, -0.2) is 35.1 Å². The Bertz CT molecular complexity index is 1270. The molecule has 9 nitrogen and oxygen atoms in total. The molecule has 0 aromatic heterocycles. The van der Waals surface area contributed by atoms with E-state index in [1.807, 2.05) is 0 Å². The van der Waals surface area contributed by atoms with Crippen LogP contribution in [0.3, 0.4) is 0 Å². The smallest absolute Gasteiger partial charge is 0.338 e. The fourth-order valence-electron chi connectivity index (χ4n) is 3.25. The van der Waals surface area contributed by atoms with Crippen LogP contribution in [0.2, 0.25) is 0 Å². The van der Waals surface area contributed by atoms with Crippen molar-refractivity contribution < 1.29 is 28.8 Å². The van der Waals surface area contributed by atoms with Crippen molar-refractivity contribution in [1.82, 2.24) is 0 Å². The molecule has 32 heavy (non-hydrogen) atoms. The molecule has 0 radical (unpaired) electrons. The van der Waals surface area contributed by atoms with E-state index in [1.54, 1.807) is 30.3 Å². The van der Waals surface area contributed by atoms with E-state index in [-0.39, 0.29) is 33.8 Å². The Balaban J connectivity index is 1.51. The van der Waals surface area contributed by atoms with Crippen LogP contribution in [0.25, 0.3) is 0 Å².